The van der Waals surface area contributed by atoms with E-state index in [-0.39, 0.29) is 11.5 Å². The van der Waals surface area contributed by atoms with Crippen LogP contribution < -0.4 is 10.1 Å². The number of benzene rings is 2. The van der Waals surface area contributed by atoms with Crippen molar-refractivity contribution in [1.82, 2.24) is 4.31 Å². The lowest BCUT2D eigenvalue weighted by molar-refractivity contribution is -0.149. The van der Waals surface area contributed by atoms with Crippen LogP contribution in [0.25, 0.3) is 0 Å². The molecule has 9 heteroatoms. The van der Waals surface area contributed by atoms with E-state index in [4.69, 9.17) is 9.47 Å². The van der Waals surface area contributed by atoms with Gasteiger partial charge in [-0.3, -0.25) is 4.79 Å². The highest BCUT2D eigenvalue weighted by molar-refractivity contribution is 7.89. The van der Waals surface area contributed by atoms with E-state index in [1.54, 1.807) is 18.2 Å². The van der Waals surface area contributed by atoms with Gasteiger partial charge in [0, 0.05) is 18.8 Å². The first kappa shape index (κ1) is 24.7. The molecule has 1 amide bonds. The minimum Gasteiger partial charge on any atom is -0.482 e. The van der Waals surface area contributed by atoms with Gasteiger partial charge in [0.1, 0.15) is 5.75 Å². The summed E-state index contributed by atoms with van der Waals surface area (Å²) in [7, 11) is -3.63. The van der Waals surface area contributed by atoms with Crippen LogP contribution in [0.2, 0.25) is 0 Å². The summed E-state index contributed by atoms with van der Waals surface area (Å²) in [6, 6.07) is 11.6. The number of nitrogens with one attached hydrogen (secondary N) is 1. The molecule has 8 nitrogen and oxygen atoms in total. The minimum absolute atomic E-state index is 0.126. The van der Waals surface area contributed by atoms with E-state index in [1.165, 1.54) is 16.4 Å². The van der Waals surface area contributed by atoms with Gasteiger partial charge in [0.25, 0.3) is 5.91 Å². The summed E-state index contributed by atoms with van der Waals surface area (Å²) in [5, 5.41) is 2.57. The first-order valence-corrected chi connectivity index (χ1v) is 12.5. The predicted molar refractivity (Wildman–Crippen MR) is 125 cm³/mol. The Morgan fingerprint density at radius 3 is 2.36 bits per heavy atom. The van der Waals surface area contributed by atoms with Crippen LogP contribution in [0, 0.1) is 13.8 Å². The van der Waals surface area contributed by atoms with Crippen LogP contribution >= 0.6 is 0 Å². The smallest absolute Gasteiger partial charge is 0.344 e. The molecule has 0 radical (unpaired) electrons. The van der Waals surface area contributed by atoms with Gasteiger partial charge in [0.15, 0.2) is 13.2 Å². The lowest BCUT2D eigenvalue weighted by Gasteiger charge is -2.20. The van der Waals surface area contributed by atoms with Crippen molar-refractivity contribution in [3.05, 3.63) is 53.6 Å². The van der Waals surface area contributed by atoms with Crippen LogP contribution in [0.5, 0.6) is 5.75 Å². The molecule has 0 saturated carbocycles. The molecule has 1 fully saturated rings. The summed E-state index contributed by atoms with van der Waals surface area (Å²) in [5.74, 6) is -0.707. The van der Waals surface area contributed by atoms with E-state index in [1.807, 2.05) is 26.0 Å². The molecular formula is C24H30N2O6S. The minimum atomic E-state index is -3.63. The summed E-state index contributed by atoms with van der Waals surface area (Å²) in [4.78, 5) is 24.2. The second-order valence-corrected chi connectivity index (χ2v) is 10.0. The molecule has 1 heterocycles. The molecule has 1 aliphatic heterocycles. The normalized spacial score (nSPS) is 14.8. The Kier molecular flexibility index (Phi) is 8.46. The Morgan fingerprint density at radius 1 is 0.939 bits per heavy atom. The Hall–Kier alpha value is -2.91. The highest BCUT2D eigenvalue weighted by Crippen LogP contribution is 2.22. The number of anilines is 1. The fourth-order valence-electron chi connectivity index (χ4n) is 3.50. The zero-order valence-corrected chi connectivity index (χ0v) is 19.8. The van der Waals surface area contributed by atoms with Crippen molar-refractivity contribution in [1.29, 1.82) is 0 Å². The third-order valence-corrected chi connectivity index (χ3v) is 7.41. The fourth-order valence-corrected chi connectivity index (χ4v) is 5.06. The summed E-state index contributed by atoms with van der Waals surface area (Å²) in [5.41, 5.74) is 2.48. The molecule has 0 spiro atoms. The number of amides is 1. The van der Waals surface area contributed by atoms with E-state index >= 15 is 0 Å². The topological polar surface area (TPSA) is 102 Å². The maximum Gasteiger partial charge on any atom is 0.344 e. The van der Waals surface area contributed by atoms with Crippen LogP contribution in [-0.4, -0.2) is 50.9 Å². The maximum atomic E-state index is 13.0. The molecule has 0 atom stereocenters. The molecular weight excluding hydrogens is 444 g/mol. The SMILES string of the molecule is Cc1ccc(OCC(=O)OCC(=O)Nc2cccc(S(=O)(=O)N3CCCCCC3)c2)cc1C. The van der Waals surface area contributed by atoms with Crippen molar-refractivity contribution < 1.29 is 27.5 Å². The molecule has 1 saturated heterocycles. The molecule has 0 aliphatic carbocycles. The predicted octanol–water partition coefficient (Wildman–Crippen LogP) is 3.43. The van der Waals surface area contributed by atoms with Crippen molar-refractivity contribution in [2.24, 2.45) is 0 Å². The third-order valence-electron chi connectivity index (χ3n) is 5.52. The van der Waals surface area contributed by atoms with Gasteiger partial charge in [-0.05, 0) is 68.1 Å². The number of nitrogens with zero attached hydrogens (tertiary/aromatic N) is 1. The molecule has 178 valence electrons. The van der Waals surface area contributed by atoms with Gasteiger partial charge in [-0.2, -0.15) is 4.31 Å². The number of rotatable bonds is 8. The summed E-state index contributed by atoms with van der Waals surface area (Å²) >= 11 is 0. The van der Waals surface area contributed by atoms with E-state index in [2.05, 4.69) is 5.32 Å². The number of hydrogen-bond acceptors (Lipinski definition) is 6. The van der Waals surface area contributed by atoms with Gasteiger partial charge in [-0.15, -0.1) is 0 Å². The molecule has 2 aromatic carbocycles. The monoisotopic (exact) mass is 474 g/mol. The molecule has 0 aromatic heterocycles. The molecule has 3 rings (SSSR count). The van der Waals surface area contributed by atoms with Crippen molar-refractivity contribution in [2.75, 3.05) is 31.6 Å². The Balaban J connectivity index is 1.51. The lowest BCUT2D eigenvalue weighted by Crippen LogP contribution is -2.32. The number of carbonyl (C=O) groups excluding carboxylic acids is 2. The van der Waals surface area contributed by atoms with Gasteiger partial charge in [0.05, 0.1) is 4.90 Å². The zero-order chi connectivity index (χ0) is 23.8. The molecule has 33 heavy (non-hydrogen) atoms. The van der Waals surface area contributed by atoms with Crippen LogP contribution in [-0.2, 0) is 24.3 Å². The fraction of sp³-hybridized carbons (Fsp3) is 0.417. The standard InChI is InChI=1S/C24H30N2O6S/c1-18-10-11-21(14-19(18)2)31-17-24(28)32-16-23(27)25-20-8-7-9-22(15-20)33(29,30)26-12-5-3-4-6-13-26/h7-11,14-15H,3-6,12-13,16-17H2,1-2H3,(H,25,27). The van der Waals surface area contributed by atoms with Crippen LogP contribution in [0.1, 0.15) is 36.8 Å². The molecule has 0 bridgehead atoms. The second kappa shape index (κ2) is 11.3. The number of aryl methyl sites for hydroxylation is 2. The van der Waals surface area contributed by atoms with Crippen molar-refractivity contribution in [3.63, 3.8) is 0 Å². The quantitative estimate of drug-likeness (QED) is 0.588. The average molecular weight is 475 g/mol. The van der Waals surface area contributed by atoms with E-state index < -0.39 is 28.5 Å². The Labute approximate surface area is 194 Å². The number of esters is 1. The van der Waals surface area contributed by atoms with Gasteiger partial charge >= 0.3 is 5.97 Å². The van der Waals surface area contributed by atoms with E-state index in [9.17, 15) is 18.0 Å². The third kappa shape index (κ3) is 7.03. The summed E-state index contributed by atoms with van der Waals surface area (Å²) in [6.07, 6.45) is 3.73. The van der Waals surface area contributed by atoms with Crippen LogP contribution in [0.4, 0.5) is 5.69 Å². The van der Waals surface area contributed by atoms with Gasteiger partial charge in [-0.25, -0.2) is 13.2 Å². The second-order valence-electron chi connectivity index (χ2n) is 8.09. The molecule has 0 unspecified atom stereocenters. The number of sulfonamides is 1. The maximum absolute atomic E-state index is 13.0. The highest BCUT2D eigenvalue weighted by Gasteiger charge is 2.25. The Bertz CT molecular complexity index is 1090. The lowest BCUT2D eigenvalue weighted by atomic mass is 10.1. The highest BCUT2D eigenvalue weighted by atomic mass is 32.2. The number of carbonyl (C=O) groups is 2. The Morgan fingerprint density at radius 2 is 1.67 bits per heavy atom. The van der Waals surface area contributed by atoms with Gasteiger partial charge in [0.2, 0.25) is 10.0 Å². The van der Waals surface area contributed by atoms with Gasteiger partial charge in [-0.1, -0.05) is 25.0 Å². The molecule has 2 aromatic rings. The zero-order valence-electron chi connectivity index (χ0n) is 19.0. The molecule has 1 N–H and O–H groups in total. The van der Waals surface area contributed by atoms with Crippen LogP contribution in [0.15, 0.2) is 47.4 Å². The average Bonchev–Trinajstić information content (AvgIpc) is 3.09. The van der Waals surface area contributed by atoms with Crippen molar-refractivity contribution >= 4 is 27.6 Å². The molecule has 1 aliphatic rings. The van der Waals surface area contributed by atoms with Crippen molar-refractivity contribution in [2.45, 2.75) is 44.4 Å². The first-order valence-electron chi connectivity index (χ1n) is 11.0. The number of ether oxygens (including phenoxy) is 2. The largest absolute Gasteiger partial charge is 0.482 e. The van der Waals surface area contributed by atoms with E-state index in [0.29, 0.717) is 24.5 Å². The van der Waals surface area contributed by atoms with Crippen LogP contribution in [0.3, 0.4) is 0 Å². The van der Waals surface area contributed by atoms with E-state index in [0.717, 1.165) is 36.8 Å². The summed E-state index contributed by atoms with van der Waals surface area (Å²) < 4.78 is 37.8. The first-order chi connectivity index (χ1) is 15.8. The summed E-state index contributed by atoms with van der Waals surface area (Å²) in [6.45, 7) is 4.10. The number of hydrogen-bond donors (Lipinski definition) is 1. The van der Waals surface area contributed by atoms with Crippen molar-refractivity contribution in [3.8, 4) is 5.75 Å². The van der Waals surface area contributed by atoms with Gasteiger partial charge < -0.3 is 14.8 Å².